The van der Waals surface area contributed by atoms with Gasteiger partial charge in [-0.1, -0.05) is 12.1 Å². The molecule has 0 bridgehead atoms. The van der Waals surface area contributed by atoms with Gasteiger partial charge in [0.1, 0.15) is 0 Å². The van der Waals surface area contributed by atoms with Crippen molar-refractivity contribution in [3.8, 4) is 0 Å². The lowest BCUT2D eigenvalue weighted by Crippen LogP contribution is -2.13. The Morgan fingerprint density at radius 2 is 2.31 bits per heavy atom. The highest BCUT2D eigenvalue weighted by molar-refractivity contribution is 7.80. The van der Waals surface area contributed by atoms with Crippen LogP contribution >= 0.6 is 12.6 Å². The summed E-state index contributed by atoms with van der Waals surface area (Å²) in [7, 11) is 2.19. The summed E-state index contributed by atoms with van der Waals surface area (Å²) in [5.74, 6) is 0.720. The van der Waals surface area contributed by atoms with Crippen LogP contribution in [0.5, 0.6) is 0 Å². The van der Waals surface area contributed by atoms with Crippen LogP contribution in [0.1, 0.15) is 17.9 Å². The molecule has 0 saturated carbocycles. The van der Waals surface area contributed by atoms with E-state index in [2.05, 4.69) is 42.8 Å². The Hall–Kier alpha value is -0.470. The van der Waals surface area contributed by atoms with Crippen molar-refractivity contribution < 1.29 is 0 Å². The van der Waals surface area contributed by atoms with Gasteiger partial charge in [0.15, 0.2) is 0 Å². The van der Waals surface area contributed by atoms with Crippen LogP contribution in [-0.2, 0) is 0 Å². The average molecular weight is 193 g/mol. The Labute approximate surface area is 85.2 Å². The van der Waals surface area contributed by atoms with Gasteiger partial charge in [-0.2, -0.15) is 0 Å². The van der Waals surface area contributed by atoms with E-state index >= 15 is 0 Å². The number of hydrogen-bond acceptors (Lipinski definition) is 2. The SMILES string of the molecule is CN1CCC(c2cccc(S)c2)C1. The van der Waals surface area contributed by atoms with Crippen molar-refractivity contribution in [3.05, 3.63) is 29.8 Å². The van der Waals surface area contributed by atoms with Crippen LogP contribution in [0.25, 0.3) is 0 Å². The third-order valence-electron chi connectivity index (χ3n) is 2.73. The first kappa shape index (κ1) is 9.10. The van der Waals surface area contributed by atoms with E-state index < -0.39 is 0 Å². The molecule has 1 aliphatic heterocycles. The summed E-state index contributed by atoms with van der Waals surface area (Å²) in [4.78, 5) is 3.46. The van der Waals surface area contributed by atoms with E-state index in [0.717, 1.165) is 10.8 Å². The molecule has 0 aromatic heterocycles. The summed E-state index contributed by atoms with van der Waals surface area (Å²) in [6, 6.07) is 8.53. The predicted octanol–water partition coefficient (Wildman–Crippen LogP) is 2.39. The minimum absolute atomic E-state index is 0.720. The number of thiol groups is 1. The Bertz CT molecular complexity index is 298. The molecule has 70 valence electrons. The third-order valence-corrected chi connectivity index (χ3v) is 3.01. The van der Waals surface area contributed by atoms with Gasteiger partial charge in [0.25, 0.3) is 0 Å². The van der Waals surface area contributed by atoms with Crippen molar-refractivity contribution in [1.82, 2.24) is 4.90 Å². The van der Waals surface area contributed by atoms with Gasteiger partial charge in [0.05, 0.1) is 0 Å². The number of benzene rings is 1. The first-order chi connectivity index (χ1) is 6.25. The molecule has 1 aromatic rings. The minimum Gasteiger partial charge on any atom is -0.306 e. The van der Waals surface area contributed by atoms with E-state index in [1.165, 1.54) is 25.1 Å². The summed E-state index contributed by atoms with van der Waals surface area (Å²) in [5.41, 5.74) is 1.44. The maximum Gasteiger partial charge on any atom is 0.00477 e. The number of rotatable bonds is 1. The molecular weight excluding hydrogens is 178 g/mol. The number of likely N-dealkylation sites (N-methyl/N-ethyl adjacent to an activating group) is 1. The first-order valence-corrected chi connectivity index (χ1v) is 5.18. The molecule has 13 heavy (non-hydrogen) atoms. The lowest BCUT2D eigenvalue weighted by Gasteiger charge is -2.10. The molecule has 2 rings (SSSR count). The van der Waals surface area contributed by atoms with Gasteiger partial charge in [-0.05, 0) is 43.6 Å². The molecule has 1 aromatic carbocycles. The third kappa shape index (κ3) is 2.06. The van der Waals surface area contributed by atoms with Crippen LogP contribution in [-0.4, -0.2) is 25.0 Å². The molecule has 1 fully saturated rings. The molecule has 0 N–H and O–H groups in total. The Morgan fingerprint density at radius 1 is 1.46 bits per heavy atom. The summed E-state index contributed by atoms with van der Waals surface area (Å²) in [6.07, 6.45) is 1.29. The van der Waals surface area contributed by atoms with Crippen molar-refractivity contribution in [2.24, 2.45) is 0 Å². The fourth-order valence-electron chi connectivity index (χ4n) is 1.99. The normalized spacial score (nSPS) is 23.7. The predicted molar refractivity (Wildman–Crippen MR) is 58.5 cm³/mol. The molecule has 0 spiro atoms. The van der Waals surface area contributed by atoms with E-state index in [1.54, 1.807) is 0 Å². The Morgan fingerprint density at radius 3 is 2.92 bits per heavy atom. The second-order valence-electron chi connectivity index (χ2n) is 3.84. The highest BCUT2D eigenvalue weighted by Gasteiger charge is 2.20. The zero-order valence-corrected chi connectivity index (χ0v) is 8.80. The largest absolute Gasteiger partial charge is 0.306 e. The molecule has 1 aliphatic rings. The number of nitrogens with zero attached hydrogens (tertiary/aromatic N) is 1. The molecule has 0 aliphatic carbocycles. The lowest BCUT2D eigenvalue weighted by atomic mass is 9.99. The number of hydrogen-bond donors (Lipinski definition) is 1. The molecule has 1 atom stereocenters. The van der Waals surface area contributed by atoms with Crippen molar-refractivity contribution in [2.45, 2.75) is 17.2 Å². The Kier molecular flexibility index (Phi) is 2.61. The maximum atomic E-state index is 4.36. The lowest BCUT2D eigenvalue weighted by molar-refractivity contribution is 0.411. The van der Waals surface area contributed by atoms with Crippen LogP contribution < -0.4 is 0 Å². The van der Waals surface area contributed by atoms with Crippen LogP contribution in [0.3, 0.4) is 0 Å². The van der Waals surface area contributed by atoms with Gasteiger partial charge in [-0.3, -0.25) is 0 Å². The van der Waals surface area contributed by atoms with Crippen LogP contribution in [0.2, 0.25) is 0 Å². The van der Waals surface area contributed by atoms with E-state index in [4.69, 9.17) is 0 Å². The van der Waals surface area contributed by atoms with Crippen LogP contribution in [0, 0.1) is 0 Å². The topological polar surface area (TPSA) is 3.24 Å². The van der Waals surface area contributed by atoms with Gasteiger partial charge in [-0.15, -0.1) is 12.6 Å². The highest BCUT2D eigenvalue weighted by Crippen LogP contribution is 2.27. The van der Waals surface area contributed by atoms with Crippen molar-refractivity contribution in [1.29, 1.82) is 0 Å². The average Bonchev–Trinajstić information content (AvgIpc) is 2.52. The van der Waals surface area contributed by atoms with Crippen molar-refractivity contribution in [3.63, 3.8) is 0 Å². The van der Waals surface area contributed by atoms with Gasteiger partial charge < -0.3 is 4.90 Å². The highest BCUT2D eigenvalue weighted by atomic mass is 32.1. The minimum atomic E-state index is 0.720. The van der Waals surface area contributed by atoms with E-state index in [1.807, 2.05) is 6.07 Å². The summed E-state index contributed by atoms with van der Waals surface area (Å²) in [5, 5.41) is 0. The van der Waals surface area contributed by atoms with E-state index in [0.29, 0.717) is 0 Å². The summed E-state index contributed by atoms with van der Waals surface area (Å²) in [6.45, 7) is 2.42. The fourth-order valence-corrected chi connectivity index (χ4v) is 2.22. The standard InChI is InChI=1S/C11H15NS/c1-12-6-5-10(8-12)9-3-2-4-11(13)7-9/h2-4,7,10,13H,5-6,8H2,1H3. The molecule has 0 amide bonds. The van der Waals surface area contributed by atoms with Crippen LogP contribution in [0.15, 0.2) is 29.2 Å². The zero-order valence-electron chi connectivity index (χ0n) is 7.90. The molecular formula is C11H15NS. The second kappa shape index (κ2) is 3.72. The van der Waals surface area contributed by atoms with E-state index in [-0.39, 0.29) is 0 Å². The maximum absolute atomic E-state index is 4.36. The van der Waals surface area contributed by atoms with Crippen molar-refractivity contribution >= 4 is 12.6 Å². The molecule has 1 nitrogen and oxygen atoms in total. The smallest absolute Gasteiger partial charge is 0.00477 e. The second-order valence-corrected chi connectivity index (χ2v) is 4.36. The van der Waals surface area contributed by atoms with Gasteiger partial charge in [-0.25, -0.2) is 0 Å². The molecule has 1 unspecified atom stereocenters. The van der Waals surface area contributed by atoms with E-state index in [9.17, 15) is 0 Å². The Balaban J connectivity index is 2.16. The number of likely N-dealkylation sites (tertiary alicyclic amines) is 1. The molecule has 0 radical (unpaired) electrons. The van der Waals surface area contributed by atoms with Gasteiger partial charge in [0.2, 0.25) is 0 Å². The molecule has 2 heteroatoms. The summed E-state index contributed by atoms with van der Waals surface area (Å²) >= 11 is 4.36. The van der Waals surface area contributed by atoms with Gasteiger partial charge >= 0.3 is 0 Å². The van der Waals surface area contributed by atoms with Gasteiger partial charge in [0, 0.05) is 11.4 Å². The molecule has 1 heterocycles. The summed E-state index contributed by atoms with van der Waals surface area (Å²) < 4.78 is 0. The quantitative estimate of drug-likeness (QED) is 0.670. The molecule has 1 saturated heterocycles. The monoisotopic (exact) mass is 193 g/mol. The van der Waals surface area contributed by atoms with Crippen LogP contribution in [0.4, 0.5) is 0 Å². The van der Waals surface area contributed by atoms with Crippen molar-refractivity contribution in [2.75, 3.05) is 20.1 Å². The zero-order chi connectivity index (χ0) is 9.26. The fraction of sp³-hybridized carbons (Fsp3) is 0.455. The first-order valence-electron chi connectivity index (χ1n) is 4.73.